The van der Waals surface area contributed by atoms with Crippen molar-refractivity contribution >= 4 is 5.78 Å². The zero-order chi connectivity index (χ0) is 16.5. The first-order valence-corrected chi connectivity index (χ1v) is 8.48. The van der Waals surface area contributed by atoms with Crippen molar-refractivity contribution in [2.75, 3.05) is 0 Å². The number of phenolic OH excluding ortho intramolecular Hbond substituents is 1. The van der Waals surface area contributed by atoms with Crippen LogP contribution >= 0.6 is 0 Å². The van der Waals surface area contributed by atoms with Gasteiger partial charge in [-0.1, -0.05) is 12.1 Å². The van der Waals surface area contributed by atoms with Crippen molar-refractivity contribution in [2.45, 2.75) is 44.3 Å². The summed E-state index contributed by atoms with van der Waals surface area (Å²) in [7, 11) is 0. The van der Waals surface area contributed by atoms with Gasteiger partial charge in [0.15, 0.2) is 5.78 Å². The second-order valence-electron chi connectivity index (χ2n) is 6.51. The molecule has 124 valence electrons. The van der Waals surface area contributed by atoms with Gasteiger partial charge in [0.1, 0.15) is 23.4 Å². The molecule has 0 radical (unpaired) electrons. The minimum Gasteiger partial charge on any atom is -0.508 e. The fourth-order valence-corrected chi connectivity index (χ4v) is 3.46. The standard InChI is InChI=1S/C20H20O4/c21-14-7-10-17-18(22)12-19(24-20(17)11-14)13-5-8-16(9-6-13)23-15-3-1-2-4-15/h5-11,15,19,21H,1-4,12H2/t19-/m0/s1. The molecule has 2 aliphatic rings. The fourth-order valence-electron chi connectivity index (χ4n) is 3.46. The smallest absolute Gasteiger partial charge is 0.170 e. The molecule has 2 aromatic carbocycles. The first-order valence-electron chi connectivity index (χ1n) is 8.48. The van der Waals surface area contributed by atoms with Crippen molar-refractivity contribution in [3.63, 3.8) is 0 Å². The minimum absolute atomic E-state index is 0.0348. The summed E-state index contributed by atoms with van der Waals surface area (Å²) in [4.78, 5) is 12.3. The highest BCUT2D eigenvalue weighted by molar-refractivity contribution is 6.00. The number of aromatic hydroxyl groups is 1. The molecule has 4 nitrogen and oxygen atoms in total. The highest BCUT2D eigenvalue weighted by Crippen LogP contribution is 2.37. The molecule has 1 saturated carbocycles. The van der Waals surface area contributed by atoms with Crippen LogP contribution in [0.3, 0.4) is 0 Å². The number of carbonyl (C=O) groups excluding carboxylic acids is 1. The van der Waals surface area contributed by atoms with E-state index in [1.807, 2.05) is 24.3 Å². The summed E-state index contributed by atoms with van der Waals surface area (Å²) in [6.07, 6.45) is 5.05. The number of hydrogen-bond donors (Lipinski definition) is 1. The van der Waals surface area contributed by atoms with E-state index in [1.165, 1.54) is 25.0 Å². The SMILES string of the molecule is O=C1C[C@@H](c2ccc(OC3CCCC3)cc2)Oc2cc(O)ccc21. The number of fused-ring (bicyclic) bond motifs is 1. The molecule has 1 N–H and O–H groups in total. The highest BCUT2D eigenvalue weighted by atomic mass is 16.5. The Morgan fingerprint density at radius 3 is 2.54 bits per heavy atom. The molecular formula is C20H20O4. The molecule has 1 heterocycles. The van der Waals surface area contributed by atoms with Crippen molar-refractivity contribution in [2.24, 2.45) is 0 Å². The van der Waals surface area contributed by atoms with Crippen LogP contribution in [0.4, 0.5) is 0 Å². The Bertz CT molecular complexity index is 745. The van der Waals surface area contributed by atoms with E-state index in [9.17, 15) is 9.90 Å². The van der Waals surface area contributed by atoms with Crippen LogP contribution in [0, 0.1) is 0 Å². The third-order valence-electron chi connectivity index (χ3n) is 4.76. The van der Waals surface area contributed by atoms with Crippen LogP contribution in [0.1, 0.15) is 54.1 Å². The van der Waals surface area contributed by atoms with Crippen LogP contribution in [-0.2, 0) is 0 Å². The largest absolute Gasteiger partial charge is 0.508 e. The number of Topliss-reactive ketones (excluding diaryl/α,β-unsaturated/α-hetero) is 1. The average molecular weight is 324 g/mol. The Kier molecular flexibility index (Phi) is 3.89. The number of benzene rings is 2. The highest BCUT2D eigenvalue weighted by Gasteiger charge is 2.28. The molecule has 0 amide bonds. The number of rotatable bonds is 3. The number of ether oxygens (including phenoxy) is 2. The van der Waals surface area contributed by atoms with E-state index < -0.39 is 0 Å². The van der Waals surface area contributed by atoms with Gasteiger partial charge in [-0.25, -0.2) is 0 Å². The van der Waals surface area contributed by atoms with E-state index >= 15 is 0 Å². The average Bonchev–Trinajstić information content (AvgIpc) is 3.08. The summed E-state index contributed by atoms with van der Waals surface area (Å²) < 4.78 is 11.9. The maximum absolute atomic E-state index is 12.3. The number of ketones is 1. The van der Waals surface area contributed by atoms with Gasteiger partial charge in [0.25, 0.3) is 0 Å². The van der Waals surface area contributed by atoms with Crippen molar-refractivity contribution in [3.05, 3.63) is 53.6 Å². The molecule has 1 atom stereocenters. The van der Waals surface area contributed by atoms with Crippen molar-refractivity contribution in [1.29, 1.82) is 0 Å². The van der Waals surface area contributed by atoms with Gasteiger partial charge in [-0.2, -0.15) is 0 Å². The van der Waals surface area contributed by atoms with E-state index in [0.717, 1.165) is 24.2 Å². The number of hydrogen-bond acceptors (Lipinski definition) is 4. The lowest BCUT2D eigenvalue weighted by atomic mass is 9.96. The lowest BCUT2D eigenvalue weighted by Gasteiger charge is -2.25. The zero-order valence-electron chi connectivity index (χ0n) is 13.4. The fraction of sp³-hybridized carbons (Fsp3) is 0.350. The Balaban J connectivity index is 1.50. The summed E-state index contributed by atoms with van der Waals surface area (Å²) in [6, 6.07) is 12.4. The predicted molar refractivity (Wildman–Crippen MR) is 89.7 cm³/mol. The van der Waals surface area contributed by atoms with Gasteiger partial charge in [0.05, 0.1) is 18.1 Å². The molecular weight excluding hydrogens is 304 g/mol. The Hall–Kier alpha value is -2.49. The van der Waals surface area contributed by atoms with Crippen LogP contribution in [0.5, 0.6) is 17.2 Å². The molecule has 1 aliphatic carbocycles. The second-order valence-corrected chi connectivity index (χ2v) is 6.51. The number of phenols is 1. The summed E-state index contributed by atoms with van der Waals surface area (Å²) in [5, 5.41) is 9.60. The van der Waals surface area contributed by atoms with E-state index in [-0.39, 0.29) is 17.6 Å². The summed E-state index contributed by atoms with van der Waals surface area (Å²) in [6.45, 7) is 0. The Labute approximate surface area is 141 Å². The van der Waals surface area contributed by atoms with Crippen LogP contribution in [-0.4, -0.2) is 17.0 Å². The van der Waals surface area contributed by atoms with Gasteiger partial charge in [-0.05, 0) is 55.5 Å². The van der Waals surface area contributed by atoms with Crippen LogP contribution in [0.25, 0.3) is 0 Å². The molecule has 0 unspecified atom stereocenters. The van der Waals surface area contributed by atoms with Gasteiger partial charge in [-0.15, -0.1) is 0 Å². The van der Waals surface area contributed by atoms with Gasteiger partial charge in [0, 0.05) is 6.07 Å². The molecule has 4 rings (SSSR count). The molecule has 0 spiro atoms. The molecule has 0 saturated heterocycles. The van der Waals surface area contributed by atoms with Crippen molar-refractivity contribution < 1.29 is 19.4 Å². The maximum Gasteiger partial charge on any atom is 0.170 e. The molecule has 2 aromatic rings. The van der Waals surface area contributed by atoms with Gasteiger partial charge in [-0.3, -0.25) is 4.79 Å². The molecule has 0 aromatic heterocycles. The summed E-state index contributed by atoms with van der Waals surface area (Å²) in [5.41, 5.74) is 1.47. The zero-order valence-corrected chi connectivity index (χ0v) is 13.4. The molecule has 1 fully saturated rings. The molecule has 24 heavy (non-hydrogen) atoms. The van der Waals surface area contributed by atoms with E-state index in [1.54, 1.807) is 6.07 Å². The van der Waals surface area contributed by atoms with Crippen LogP contribution in [0.2, 0.25) is 0 Å². The lowest BCUT2D eigenvalue weighted by Crippen LogP contribution is -2.20. The predicted octanol–water partition coefficient (Wildman–Crippen LogP) is 4.42. The second kappa shape index (κ2) is 6.19. The molecule has 1 aliphatic heterocycles. The van der Waals surface area contributed by atoms with E-state index in [2.05, 4.69) is 0 Å². The van der Waals surface area contributed by atoms with Crippen molar-refractivity contribution in [1.82, 2.24) is 0 Å². The van der Waals surface area contributed by atoms with E-state index in [0.29, 0.717) is 23.8 Å². The van der Waals surface area contributed by atoms with Gasteiger partial charge in [0.2, 0.25) is 0 Å². The normalized spacial score (nSPS) is 20.5. The Morgan fingerprint density at radius 1 is 1.04 bits per heavy atom. The van der Waals surface area contributed by atoms with Crippen LogP contribution in [0.15, 0.2) is 42.5 Å². The van der Waals surface area contributed by atoms with Gasteiger partial charge < -0.3 is 14.6 Å². The maximum atomic E-state index is 12.3. The number of carbonyl (C=O) groups is 1. The van der Waals surface area contributed by atoms with Crippen molar-refractivity contribution in [3.8, 4) is 17.2 Å². The quantitative estimate of drug-likeness (QED) is 0.908. The summed E-state index contributed by atoms with van der Waals surface area (Å²) in [5.74, 6) is 1.45. The third-order valence-corrected chi connectivity index (χ3v) is 4.76. The molecule has 0 bridgehead atoms. The topological polar surface area (TPSA) is 55.8 Å². The van der Waals surface area contributed by atoms with E-state index in [4.69, 9.17) is 9.47 Å². The van der Waals surface area contributed by atoms with Crippen LogP contribution < -0.4 is 9.47 Å². The third kappa shape index (κ3) is 2.96. The molecule has 4 heteroatoms. The first-order chi connectivity index (χ1) is 11.7. The monoisotopic (exact) mass is 324 g/mol. The minimum atomic E-state index is -0.327. The Morgan fingerprint density at radius 2 is 1.79 bits per heavy atom. The summed E-state index contributed by atoms with van der Waals surface area (Å²) >= 11 is 0. The van der Waals surface area contributed by atoms with Gasteiger partial charge >= 0.3 is 0 Å². The first kappa shape index (κ1) is 15.1. The lowest BCUT2D eigenvalue weighted by molar-refractivity contribution is 0.0849.